The maximum Gasteiger partial charge on any atom is 0.343 e. The van der Waals surface area contributed by atoms with Crippen LogP contribution >= 0.6 is 0 Å². The fraction of sp³-hybridized carbons (Fsp3) is 0.0833. The zero-order valence-electron chi connectivity index (χ0n) is 16.4. The van der Waals surface area contributed by atoms with Crippen molar-refractivity contribution in [2.75, 3.05) is 14.2 Å². The third-order valence-electron chi connectivity index (χ3n) is 4.28. The van der Waals surface area contributed by atoms with Crippen LogP contribution in [0.5, 0.6) is 17.2 Å². The van der Waals surface area contributed by atoms with Gasteiger partial charge in [-0.2, -0.15) is 0 Å². The molecule has 0 aliphatic carbocycles. The summed E-state index contributed by atoms with van der Waals surface area (Å²) >= 11 is 0. The average Bonchev–Trinajstić information content (AvgIpc) is 2.78. The summed E-state index contributed by atoms with van der Waals surface area (Å²) in [6.45, 7) is 0. The maximum atomic E-state index is 12.9. The van der Waals surface area contributed by atoms with Crippen LogP contribution in [-0.4, -0.2) is 26.0 Å². The van der Waals surface area contributed by atoms with Gasteiger partial charge < -0.3 is 14.2 Å². The van der Waals surface area contributed by atoms with E-state index in [4.69, 9.17) is 14.2 Å². The van der Waals surface area contributed by atoms with Gasteiger partial charge in [-0.15, -0.1) is 0 Å². The first kappa shape index (κ1) is 20.8. The SMILES string of the molecule is COc1ccc(OC)c(/C=C/C(=O)c2ccc(OC(=O)c3ccc(F)cc3)cc2)c1. The van der Waals surface area contributed by atoms with Gasteiger partial charge in [-0.1, -0.05) is 0 Å². The number of esters is 1. The fourth-order valence-electron chi connectivity index (χ4n) is 2.67. The predicted molar refractivity (Wildman–Crippen MR) is 111 cm³/mol. The Morgan fingerprint density at radius 2 is 1.43 bits per heavy atom. The van der Waals surface area contributed by atoms with Crippen LogP contribution in [0.3, 0.4) is 0 Å². The minimum absolute atomic E-state index is 0.226. The third-order valence-corrected chi connectivity index (χ3v) is 4.28. The lowest BCUT2D eigenvalue weighted by Gasteiger charge is -2.07. The quantitative estimate of drug-likeness (QED) is 0.240. The van der Waals surface area contributed by atoms with Gasteiger partial charge in [0.25, 0.3) is 0 Å². The van der Waals surface area contributed by atoms with E-state index in [1.165, 1.54) is 42.5 Å². The number of benzene rings is 3. The van der Waals surface area contributed by atoms with Crippen molar-refractivity contribution >= 4 is 17.8 Å². The third kappa shape index (κ3) is 5.11. The van der Waals surface area contributed by atoms with Gasteiger partial charge in [0.05, 0.1) is 19.8 Å². The summed E-state index contributed by atoms with van der Waals surface area (Å²) < 4.78 is 28.7. The van der Waals surface area contributed by atoms with Crippen molar-refractivity contribution in [1.82, 2.24) is 0 Å². The Hall–Kier alpha value is -3.93. The van der Waals surface area contributed by atoms with Crippen LogP contribution in [0.2, 0.25) is 0 Å². The minimum Gasteiger partial charge on any atom is -0.497 e. The Morgan fingerprint density at radius 3 is 2.07 bits per heavy atom. The summed E-state index contributed by atoms with van der Waals surface area (Å²) in [4.78, 5) is 24.5. The highest BCUT2D eigenvalue weighted by Crippen LogP contribution is 2.25. The van der Waals surface area contributed by atoms with Gasteiger partial charge in [0.15, 0.2) is 5.78 Å². The number of halogens is 1. The summed E-state index contributed by atoms with van der Waals surface area (Å²) in [6, 6.07) is 16.5. The molecule has 0 unspecified atom stereocenters. The Balaban J connectivity index is 1.68. The van der Waals surface area contributed by atoms with Crippen molar-refractivity contribution in [2.24, 2.45) is 0 Å². The van der Waals surface area contributed by atoms with Crippen LogP contribution < -0.4 is 14.2 Å². The highest BCUT2D eigenvalue weighted by molar-refractivity contribution is 6.07. The van der Waals surface area contributed by atoms with Gasteiger partial charge in [0.1, 0.15) is 23.1 Å². The monoisotopic (exact) mass is 406 g/mol. The van der Waals surface area contributed by atoms with Gasteiger partial charge in [0.2, 0.25) is 0 Å². The molecule has 0 aromatic heterocycles. The molecule has 6 heteroatoms. The van der Waals surface area contributed by atoms with E-state index in [9.17, 15) is 14.0 Å². The lowest BCUT2D eigenvalue weighted by atomic mass is 10.1. The van der Waals surface area contributed by atoms with E-state index in [-0.39, 0.29) is 17.1 Å². The van der Waals surface area contributed by atoms with Crippen molar-refractivity contribution in [2.45, 2.75) is 0 Å². The molecule has 3 aromatic rings. The van der Waals surface area contributed by atoms with E-state index in [1.54, 1.807) is 50.6 Å². The second-order valence-corrected chi connectivity index (χ2v) is 6.23. The van der Waals surface area contributed by atoms with Gasteiger partial charge in [-0.05, 0) is 78.9 Å². The highest BCUT2D eigenvalue weighted by Gasteiger charge is 2.10. The van der Waals surface area contributed by atoms with Gasteiger partial charge in [-0.3, -0.25) is 4.79 Å². The molecule has 0 radical (unpaired) electrons. The van der Waals surface area contributed by atoms with Crippen molar-refractivity contribution in [1.29, 1.82) is 0 Å². The zero-order chi connectivity index (χ0) is 21.5. The molecule has 0 saturated heterocycles. The molecule has 0 N–H and O–H groups in total. The first-order valence-electron chi connectivity index (χ1n) is 9.02. The lowest BCUT2D eigenvalue weighted by molar-refractivity contribution is 0.0734. The molecule has 152 valence electrons. The number of methoxy groups -OCH3 is 2. The summed E-state index contributed by atoms with van der Waals surface area (Å²) in [5, 5.41) is 0. The van der Waals surface area contributed by atoms with Crippen LogP contribution in [0.1, 0.15) is 26.3 Å². The molecule has 0 heterocycles. The molecule has 0 aliphatic rings. The number of hydrogen-bond donors (Lipinski definition) is 0. The van der Waals surface area contributed by atoms with Crippen molar-refractivity contribution in [3.63, 3.8) is 0 Å². The molecule has 3 rings (SSSR count). The molecular weight excluding hydrogens is 387 g/mol. The number of rotatable bonds is 7. The molecular formula is C24H19FO5. The Kier molecular flexibility index (Phi) is 6.60. The van der Waals surface area contributed by atoms with E-state index >= 15 is 0 Å². The number of hydrogen-bond acceptors (Lipinski definition) is 5. The minimum atomic E-state index is -0.612. The first-order valence-corrected chi connectivity index (χ1v) is 9.02. The van der Waals surface area contributed by atoms with Crippen LogP contribution in [0.15, 0.2) is 72.8 Å². The molecule has 0 atom stereocenters. The molecule has 0 bridgehead atoms. The zero-order valence-corrected chi connectivity index (χ0v) is 16.4. The molecule has 0 spiro atoms. The van der Waals surface area contributed by atoms with E-state index < -0.39 is 11.8 Å². The van der Waals surface area contributed by atoms with E-state index in [1.807, 2.05) is 0 Å². The number of ketones is 1. The topological polar surface area (TPSA) is 61.8 Å². The molecule has 0 fully saturated rings. The van der Waals surface area contributed by atoms with Crippen LogP contribution in [-0.2, 0) is 0 Å². The normalized spacial score (nSPS) is 10.6. The number of carbonyl (C=O) groups excluding carboxylic acids is 2. The number of ether oxygens (including phenoxy) is 3. The number of allylic oxidation sites excluding steroid dienone is 1. The molecule has 0 amide bonds. The lowest BCUT2D eigenvalue weighted by Crippen LogP contribution is -2.08. The Labute approximate surface area is 173 Å². The smallest absolute Gasteiger partial charge is 0.343 e. The van der Waals surface area contributed by atoms with E-state index in [0.29, 0.717) is 22.6 Å². The molecule has 5 nitrogen and oxygen atoms in total. The molecule has 3 aromatic carbocycles. The largest absolute Gasteiger partial charge is 0.497 e. The van der Waals surface area contributed by atoms with Crippen molar-refractivity contribution < 1.29 is 28.2 Å². The standard InChI is InChI=1S/C24H19FO5/c1-28-21-12-14-23(29-2)18(15-21)7-13-22(26)16-5-10-20(11-6-16)30-24(27)17-3-8-19(25)9-4-17/h3-15H,1-2H3/b13-7+. The van der Waals surface area contributed by atoms with Gasteiger partial charge in [-0.25, -0.2) is 9.18 Å². The fourth-order valence-corrected chi connectivity index (χ4v) is 2.67. The maximum absolute atomic E-state index is 12.9. The average molecular weight is 406 g/mol. The number of carbonyl (C=O) groups is 2. The van der Waals surface area contributed by atoms with Crippen LogP contribution in [0.25, 0.3) is 6.08 Å². The highest BCUT2D eigenvalue weighted by atomic mass is 19.1. The Bertz CT molecular complexity index is 1070. The molecule has 30 heavy (non-hydrogen) atoms. The second-order valence-electron chi connectivity index (χ2n) is 6.23. The first-order chi connectivity index (χ1) is 14.5. The second kappa shape index (κ2) is 9.52. The van der Waals surface area contributed by atoms with Crippen molar-refractivity contribution in [3.8, 4) is 17.2 Å². The summed E-state index contributed by atoms with van der Waals surface area (Å²) in [7, 11) is 3.11. The summed E-state index contributed by atoms with van der Waals surface area (Å²) in [5.41, 5.74) is 1.36. The Morgan fingerprint density at radius 1 is 0.800 bits per heavy atom. The molecule has 0 saturated carbocycles. The van der Waals surface area contributed by atoms with E-state index in [0.717, 1.165) is 0 Å². The van der Waals surface area contributed by atoms with Crippen molar-refractivity contribution in [3.05, 3.63) is 95.3 Å². The predicted octanol–water partition coefficient (Wildman–Crippen LogP) is 4.96. The van der Waals surface area contributed by atoms with Gasteiger partial charge in [0, 0.05) is 11.1 Å². The summed E-state index contributed by atoms with van der Waals surface area (Å²) in [5.74, 6) is 0.266. The van der Waals surface area contributed by atoms with Crippen LogP contribution in [0.4, 0.5) is 4.39 Å². The van der Waals surface area contributed by atoms with E-state index in [2.05, 4.69) is 0 Å². The van der Waals surface area contributed by atoms with Gasteiger partial charge >= 0.3 is 5.97 Å². The molecule has 0 aliphatic heterocycles. The van der Waals surface area contributed by atoms with Crippen LogP contribution in [0, 0.1) is 5.82 Å². The summed E-state index contributed by atoms with van der Waals surface area (Å²) in [6.07, 6.45) is 3.07.